The molecule has 2 fully saturated rings. The Morgan fingerprint density at radius 2 is 1.25 bits per heavy atom. The first-order valence-electron chi connectivity index (χ1n) is 5.43. The van der Waals surface area contributed by atoms with Crippen LogP contribution in [-0.2, 0) is 18.1 Å². The van der Waals surface area contributed by atoms with Crippen LogP contribution in [0.1, 0.15) is 5.56 Å². The van der Waals surface area contributed by atoms with Gasteiger partial charge >= 0.3 is 94.1 Å². The fourth-order valence-electron chi connectivity index (χ4n) is 2.09. The van der Waals surface area contributed by atoms with Crippen LogP contribution in [0.3, 0.4) is 0 Å². The van der Waals surface area contributed by atoms with Gasteiger partial charge in [-0.05, 0) is 0 Å². The van der Waals surface area contributed by atoms with E-state index >= 15 is 0 Å². The summed E-state index contributed by atoms with van der Waals surface area (Å²) in [7, 11) is -3.40. The number of benzene rings is 1. The third-order valence-electron chi connectivity index (χ3n) is 2.88. The van der Waals surface area contributed by atoms with Crippen LogP contribution in [0.2, 0.25) is 0 Å². The maximum absolute atomic E-state index is 5.78. The Hall–Kier alpha value is -0.510. The van der Waals surface area contributed by atoms with E-state index in [1.807, 2.05) is 31.2 Å². The molecule has 0 amide bonds. The van der Waals surface area contributed by atoms with Crippen molar-refractivity contribution in [1.82, 2.24) is 0 Å². The van der Waals surface area contributed by atoms with Gasteiger partial charge in [0.1, 0.15) is 0 Å². The number of rotatable bonds is 1. The van der Waals surface area contributed by atoms with Crippen LogP contribution in [0.5, 0.6) is 0 Å². The van der Waals surface area contributed by atoms with Crippen LogP contribution in [0.4, 0.5) is 0 Å². The molecule has 88 valence electrons. The van der Waals surface area contributed by atoms with E-state index in [4.69, 9.17) is 18.1 Å². The van der Waals surface area contributed by atoms with E-state index in [-0.39, 0.29) is 0 Å². The van der Waals surface area contributed by atoms with Crippen molar-refractivity contribution in [2.75, 3.05) is 26.4 Å². The molecule has 0 atom stereocenters. The molecule has 2 saturated heterocycles. The monoisotopic (exact) mass is 242 g/mol. The number of aryl methyl sites for hydroxylation is 1. The summed E-state index contributed by atoms with van der Waals surface area (Å²) in [5, 5.41) is 0.895. The molecule has 0 unspecified atom stereocenters. The quantitative estimate of drug-likeness (QED) is 0.705. The molecule has 16 heavy (non-hydrogen) atoms. The van der Waals surface area contributed by atoms with Crippen molar-refractivity contribution in [2.24, 2.45) is 0 Å². The standard InChI is InChI=1S/C11H15O4P/c1-10-2-4-11(5-3-10)16(12-6-7-13-16)14-8-9-15-16/h2-5H,6-9H2,1H3. The van der Waals surface area contributed by atoms with Crippen LogP contribution >= 0.6 is 7.51 Å². The van der Waals surface area contributed by atoms with Crippen LogP contribution in [-0.4, -0.2) is 26.4 Å². The van der Waals surface area contributed by atoms with Crippen LogP contribution < -0.4 is 5.30 Å². The summed E-state index contributed by atoms with van der Waals surface area (Å²) in [6.45, 7) is 4.18. The molecule has 0 aromatic heterocycles. The minimum absolute atomic E-state index is 0.533. The van der Waals surface area contributed by atoms with Crippen molar-refractivity contribution in [1.29, 1.82) is 0 Å². The van der Waals surface area contributed by atoms with E-state index in [0.717, 1.165) is 5.30 Å². The molecule has 2 aliphatic heterocycles. The first-order chi connectivity index (χ1) is 7.73. The van der Waals surface area contributed by atoms with Crippen LogP contribution in [0, 0.1) is 6.92 Å². The average Bonchev–Trinajstić information content (AvgIpc) is 2.91. The van der Waals surface area contributed by atoms with Crippen LogP contribution in [0.15, 0.2) is 24.3 Å². The fraction of sp³-hybridized carbons (Fsp3) is 0.455. The summed E-state index contributed by atoms with van der Waals surface area (Å²) >= 11 is 0. The zero-order valence-electron chi connectivity index (χ0n) is 9.22. The SMILES string of the molecule is Cc1ccc(P23(OCCO2)OCCO3)cc1. The Labute approximate surface area is 94.7 Å². The van der Waals surface area contributed by atoms with E-state index < -0.39 is 7.51 Å². The predicted molar refractivity (Wildman–Crippen MR) is 61.5 cm³/mol. The second kappa shape index (κ2) is 3.49. The summed E-state index contributed by atoms with van der Waals surface area (Å²) in [5.74, 6) is 0. The molecule has 0 radical (unpaired) electrons. The van der Waals surface area contributed by atoms with Gasteiger partial charge in [0.05, 0.1) is 0 Å². The third-order valence-corrected chi connectivity index (χ3v) is 6.53. The van der Waals surface area contributed by atoms with Gasteiger partial charge in [-0.2, -0.15) is 0 Å². The van der Waals surface area contributed by atoms with Gasteiger partial charge in [0, 0.05) is 0 Å². The van der Waals surface area contributed by atoms with E-state index in [9.17, 15) is 0 Å². The van der Waals surface area contributed by atoms with E-state index in [1.54, 1.807) is 0 Å². The second-order valence-corrected chi connectivity index (χ2v) is 7.15. The summed E-state index contributed by atoms with van der Waals surface area (Å²) in [4.78, 5) is 0. The van der Waals surface area contributed by atoms with Gasteiger partial charge in [-0.1, -0.05) is 0 Å². The summed E-state index contributed by atoms with van der Waals surface area (Å²) in [6, 6.07) is 7.99. The predicted octanol–water partition coefficient (Wildman–Crippen LogP) is 1.93. The Morgan fingerprint density at radius 1 is 0.812 bits per heavy atom. The minimum atomic E-state index is -3.40. The molecule has 2 aliphatic rings. The molecule has 0 bridgehead atoms. The second-order valence-electron chi connectivity index (χ2n) is 3.98. The van der Waals surface area contributed by atoms with Gasteiger partial charge in [0.2, 0.25) is 0 Å². The van der Waals surface area contributed by atoms with Crippen LogP contribution in [0.25, 0.3) is 0 Å². The van der Waals surface area contributed by atoms with Crippen molar-refractivity contribution >= 4 is 12.8 Å². The normalized spacial score (nSPS) is 28.9. The molecular weight excluding hydrogens is 227 g/mol. The molecule has 1 aromatic carbocycles. The first-order valence-corrected chi connectivity index (χ1v) is 7.34. The molecular formula is C11H15O4P. The number of hydrogen-bond donors (Lipinski definition) is 0. The van der Waals surface area contributed by atoms with E-state index in [1.165, 1.54) is 5.56 Å². The molecule has 2 heterocycles. The fourth-order valence-corrected chi connectivity index (χ4v) is 5.33. The molecule has 1 aromatic rings. The molecule has 1 spiro atoms. The zero-order chi connectivity index (χ0) is 11.1. The van der Waals surface area contributed by atoms with Crippen molar-refractivity contribution in [3.63, 3.8) is 0 Å². The van der Waals surface area contributed by atoms with Crippen molar-refractivity contribution in [3.05, 3.63) is 29.8 Å². The molecule has 4 nitrogen and oxygen atoms in total. The first kappa shape index (κ1) is 10.6. The Balaban J connectivity index is 2.10. The van der Waals surface area contributed by atoms with Crippen molar-refractivity contribution < 1.29 is 18.1 Å². The summed E-state index contributed by atoms with van der Waals surface area (Å²) < 4.78 is 23.1. The Morgan fingerprint density at radius 3 is 1.69 bits per heavy atom. The Bertz CT molecular complexity index is 367. The molecule has 5 heteroatoms. The van der Waals surface area contributed by atoms with Gasteiger partial charge < -0.3 is 0 Å². The van der Waals surface area contributed by atoms with Gasteiger partial charge in [0.15, 0.2) is 0 Å². The van der Waals surface area contributed by atoms with Gasteiger partial charge in [-0.25, -0.2) is 0 Å². The van der Waals surface area contributed by atoms with Crippen molar-refractivity contribution in [3.8, 4) is 0 Å². The summed E-state index contributed by atoms with van der Waals surface area (Å²) in [5.41, 5.74) is 1.19. The maximum atomic E-state index is 5.78. The topological polar surface area (TPSA) is 36.9 Å². The van der Waals surface area contributed by atoms with E-state index in [0.29, 0.717) is 26.4 Å². The molecule has 3 rings (SSSR count). The molecule has 0 saturated carbocycles. The molecule has 0 aliphatic carbocycles. The summed E-state index contributed by atoms with van der Waals surface area (Å²) in [6.07, 6.45) is 0. The average molecular weight is 242 g/mol. The van der Waals surface area contributed by atoms with Gasteiger partial charge in [-0.3, -0.25) is 0 Å². The molecule has 0 N–H and O–H groups in total. The van der Waals surface area contributed by atoms with Crippen molar-refractivity contribution in [2.45, 2.75) is 6.92 Å². The van der Waals surface area contributed by atoms with Gasteiger partial charge in [0.25, 0.3) is 0 Å². The third kappa shape index (κ3) is 1.35. The Kier molecular flexibility index (Phi) is 2.32. The van der Waals surface area contributed by atoms with Gasteiger partial charge in [-0.15, -0.1) is 0 Å². The number of hydrogen-bond acceptors (Lipinski definition) is 4. The van der Waals surface area contributed by atoms with E-state index in [2.05, 4.69) is 0 Å². The zero-order valence-corrected chi connectivity index (χ0v) is 10.1.